The average Bonchev–Trinajstić information content (AvgIpc) is 2.40. The molecule has 0 radical (unpaired) electrons. The van der Waals surface area contributed by atoms with Crippen molar-refractivity contribution in [2.45, 2.75) is 58.5 Å². The Morgan fingerprint density at radius 2 is 1.80 bits per heavy atom. The average molecular weight is 274 g/mol. The van der Waals surface area contributed by atoms with E-state index in [-0.39, 0.29) is 5.41 Å². The monoisotopic (exact) mass is 274 g/mol. The summed E-state index contributed by atoms with van der Waals surface area (Å²) in [5.74, 6) is 0.654. The predicted octanol–water partition coefficient (Wildman–Crippen LogP) is 3.71. The fourth-order valence-corrected chi connectivity index (χ4v) is 2.95. The number of hydrogen-bond acceptors (Lipinski definition) is 2. The Morgan fingerprint density at radius 3 is 2.30 bits per heavy atom. The van der Waals surface area contributed by atoms with Crippen molar-refractivity contribution in [3.05, 3.63) is 35.4 Å². The van der Waals surface area contributed by atoms with Crippen LogP contribution in [0, 0.1) is 5.92 Å². The van der Waals surface area contributed by atoms with Crippen LogP contribution in [0.3, 0.4) is 0 Å². The molecule has 1 fully saturated rings. The molecule has 20 heavy (non-hydrogen) atoms. The van der Waals surface area contributed by atoms with Crippen molar-refractivity contribution in [2.24, 2.45) is 11.7 Å². The van der Waals surface area contributed by atoms with Crippen LogP contribution in [0.4, 0.5) is 0 Å². The molecule has 2 nitrogen and oxygen atoms in total. The van der Waals surface area contributed by atoms with Gasteiger partial charge in [0, 0.05) is 18.6 Å². The zero-order chi connectivity index (χ0) is 14.9. The molecule has 1 aromatic rings. The van der Waals surface area contributed by atoms with Crippen LogP contribution in [0.25, 0.3) is 0 Å². The normalized spacial score (nSPS) is 26.5. The summed E-state index contributed by atoms with van der Waals surface area (Å²) in [6, 6.07) is 9.91. The zero-order valence-corrected chi connectivity index (χ0v) is 13.7. The Morgan fingerprint density at radius 1 is 1.20 bits per heavy atom. The fourth-order valence-electron chi connectivity index (χ4n) is 2.95. The second-order valence-corrected chi connectivity index (χ2v) is 7.47. The summed E-state index contributed by atoms with van der Waals surface area (Å²) < 4.78 is 0. The van der Waals surface area contributed by atoms with E-state index in [4.69, 9.17) is 5.73 Å². The molecule has 112 valence electrons. The van der Waals surface area contributed by atoms with Crippen molar-refractivity contribution in [1.82, 2.24) is 4.90 Å². The minimum atomic E-state index is 0.227. The molecular weight excluding hydrogens is 244 g/mol. The maximum absolute atomic E-state index is 6.22. The van der Waals surface area contributed by atoms with Gasteiger partial charge in [-0.1, -0.05) is 52.0 Å². The summed E-state index contributed by atoms with van der Waals surface area (Å²) >= 11 is 0. The lowest BCUT2D eigenvalue weighted by atomic mass is 9.86. The summed E-state index contributed by atoms with van der Waals surface area (Å²) in [5.41, 5.74) is 9.25. The van der Waals surface area contributed by atoms with Gasteiger partial charge in [-0.15, -0.1) is 0 Å². The van der Waals surface area contributed by atoms with Crippen molar-refractivity contribution < 1.29 is 0 Å². The molecule has 2 rings (SSSR count). The molecule has 0 bridgehead atoms. The lowest BCUT2D eigenvalue weighted by Gasteiger charge is -2.39. The minimum Gasteiger partial charge on any atom is -0.326 e. The highest BCUT2D eigenvalue weighted by Gasteiger charge is 2.26. The quantitative estimate of drug-likeness (QED) is 0.890. The van der Waals surface area contributed by atoms with E-state index in [1.165, 1.54) is 17.5 Å². The van der Waals surface area contributed by atoms with Gasteiger partial charge in [0.25, 0.3) is 0 Å². The second kappa shape index (κ2) is 5.87. The van der Waals surface area contributed by atoms with Crippen molar-refractivity contribution in [3.8, 4) is 0 Å². The van der Waals surface area contributed by atoms with E-state index in [9.17, 15) is 0 Å². The highest BCUT2D eigenvalue weighted by Crippen LogP contribution is 2.28. The van der Waals surface area contributed by atoms with E-state index in [0.717, 1.165) is 13.1 Å². The van der Waals surface area contributed by atoms with Crippen LogP contribution in [0.1, 0.15) is 58.2 Å². The zero-order valence-electron chi connectivity index (χ0n) is 13.7. The Hall–Kier alpha value is -0.860. The van der Waals surface area contributed by atoms with E-state index < -0.39 is 0 Å². The van der Waals surface area contributed by atoms with Crippen molar-refractivity contribution in [3.63, 3.8) is 0 Å². The van der Waals surface area contributed by atoms with Gasteiger partial charge in [-0.3, -0.25) is 4.90 Å². The molecule has 1 heterocycles. The van der Waals surface area contributed by atoms with Gasteiger partial charge < -0.3 is 5.73 Å². The minimum absolute atomic E-state index is 0.227. The van der Waals surface area contributed by atoms with Gasteiger partial charge >= 0.3 is 0 Å². The number of likely N-dealkylation sites (tertiary alicyclic amines) is 1. The third-order valence-corrected chi connectivity index (χ3v) is 4.85. The largest absolute Gasteiger partial charge is 0.326 e. The highest BCUT2D eigenvalue weighted by molar-refractivity contribution is 5.29. The van der Waals surface area contributed by atoms with Gasteiger partial charge in [-0.25, -0.2) is 0 Å². The molecule has 0 aromatic heterocycles. The molecule has 2 heteroatoms. The summed E-state index contributed by atoms with van der Waals surface area (Å²) in [6.07, 6.45) is 1.21. The first-order chi connectivity index (χ1) is 9.29. The molecule has 3 unspecified atom stereocenters. The standard InChI is InChI=1S/C18H30N2/c1-13-10-11-20(12-17(13)19)14(2)15-6-8-16(9-7-15)18(3,4)5/h6-9,13-14,17H,10-12,19H2,1-5H3. The van der Waals surface area contributed by atoms with E-state index >= 15 is 0 Å². The summed E-state index contributed by atoms with van der Waals surface area (Å²) in [5, 5.41) is 0. The van der Waals surface area contributed by atoms with Crippen LogP contribution in [0.5, 0.6) is 0 Å². The Balaban J connectivity index is 2.08. The molecule has 0 aliphatic carbocycles. The summed E-state index contributed by atoms with van der Waals surface area (Å²) in [6.45, 7) is 13.5. The summed E-state index contributed by atoms with van der Waals surface area (Å²) in [4.78, 5) is 2.52. The Labute approximate surface area is 124 Å². The predicted molar refractivity (Wildman–Crippen MR) is 86.9 cm³/mol. The van der Waals surface area contributed by atoms with Crippen LogP contribution in [0.2, 0.25) is 0 Å². The van der Waals surface area contributed by atoms with Crippen molar-refractivity contribution in [1.29, 1.82) is 0 Å². The van der Waals surface area contributed by atoms with Crippen LogP contribution >= 0.6 is 0 Å². The van der Waals surface area contributed by atoms with Crippen LogP contribution < -0.4 is 5.73 Å². The van der Waals surface area contributed by atoms with Gasteiger partial charge in [0.15, 0.2) is 0 Å². The molecule has 3 atom stereocenters. The number of hydrogen-bond donors (Lipinski definition) is 1. The van der Waals surface area contributed by atoms with Gasteiger partial charge in [0.2, 0.25) is 0 Å². The molecule has 1 aliphatic rings. The highest BCUT2D eigenvalue weighted by atomic mass is 15.2. The molecular formula is C18H30N2. The second-order valence-electron chi connectivity index (χ2n) is 7.47. The van der Waals surface area contributed by atoms with E-state index in [1.54, 1.807) is 0 Å². The van der Waals surface area contributed by atoms with Gasteiger partial charge in [-0.2, -0.15) is 0 Å². The summed E-state index contributed by atoms with van der Waals surface area (Å²) in [7, 11) is 0. The molecule has 2 N–H and O–H groups in total. The first-order valence-electron chi connectivity index (χ1n) is 7.89. The molecule has 1 aromatic carbocycles. The number of piperidine rings is 1. The first-order valence-corrected chi connectivity index (χ1v) is 7.89. The number of nitrogens with zero attached hydrogens (tertiary/aromatic N) is 1. The van der Waals surface area contributed by atoms with Crippen LogP contribution in [0.15, 0.2) is 24.3 Å². The third kappa shape index (κ3) is 3.42. The van der Waals surface area contributed by atoms with Crippen LogP contribution in [-0.4, -0.2) is 24.0 Å². The van der Waals surface area contributed by atoms with Crippen molar-refractivity contribution in [2.75, 3.05) is 13.1 Å². The molecule has 1 saturated heterocycles. The fraction of sp³-hybridized carbons (Fsp3) is 0.667. The molecule has 0 spiro atoms. The number of nitrogens with two attached hydrogens (primary N) is 1. The SMILES string of the molecule is CC1CCN(C(C)c2ccc(C(C)(C)C)cc2)CC1N. The Bertz CT molecular complexity index is 430. The van der Waals surface area contributed by atoms with Gasteiger partial charge in [-0.05, 0) is 42.3 Å². The Kier molecular flexibility index (Phi) is 4.55. The topological polar surface area (TPSA) is 29.3 Å². The van der Waals surface area contributed by atoms with Crippen LogP contribution in [-0.2, 0) is 5.41 Å². The maximum atomic E-state index is 6.22. The molecule has 1 aliphatic heterocycles. The van der Waals surface area contributed by atoms with E-state index in [0.29, 0.717) is 18.0 Å². The van der Waals surface area contributed by atoms with E-state index in [2.05, 4.69) is 63.8 Å². The van der Waals surface area contributed by atoms with Crippen molar-refractivity contribution >= 4 is 0 Å². The van der Waals surface area contributed by atoms with Gasteiger partial charge in [0.05, 0.1) is 0 Å². The smallest absolute Gasteiger partial charge is 0.0320 e. The number of rotatable bonds is 2. The number of benzene rings is 1. The van der Waals surface area contributed by atoms with Gasteiger partial charge in [0.1, 0.15) is 0 Å². The molecule has 0 amide bonds. The third-order valence-electron chi connectivity index (χ3n) is 4.85. The first kappa shape index (κ1) is 15.5. The lowest BCUT2D eigenvalue weighted by molar-refractivity contribution is 0.128. The maximum Gasteiger partial charge on any atom is 0.0320 e. The van der Waals surface area contributed by atoms with E-state index in [1.807, 2.05) is 0 Å². The lowest BCUT2D eigenvalue weighted by Crippen LogP contribution is -2.48. The molecule has 0 saturated carbocycles.